The van der Waals surface area contributed by atoms with E-state index in [-0.39, 0.29) is 5.78 Å². The van der Waals surface area contributed by atoms with Crippen molar-refractivity contribution in [3.63, 3.8) is 0 Å². The van der Waals surface area contributed by atoms with Crippen molar-refractivity contribution in [3.8, 4) is 0 Å². The monoisotopic (exact) mass is 276 g/mol. The Balaban J connectivity index is 1.90. The molecule has 0 bridgehead atoms. The molecule has 0 saturated heterocycles. The lowest BCUT2D eigenvalue weighted by Crippen LogP contribution is -2.33. The molecule has 0 saturated carbocycles. The maximum absolute atomic E-state index is 11.3. The Morgan fingerprint density at radius 2 is 2.21 bits per heavy atom. The van der Waals surface area contributed by atoms with Crippen LogP contribution >= 0.6 is 11.6 Å². The minimum atomic E-state index is 0.0202. The van der Waals surface area contributed by atoms with Crippen LogP contribution in [0.3, 0.4) is 0 Å². The molecule has 0 N–H and O–H groups in total. The van der Waals surface area contributed by atoms with Gasteiger partial charge in [0.25, 0.3) is 0 Å². The molecule has 3 rings (SSSR count). The predicted octanol–water partition coefficient (Wildman–Crippen LogP) is 2.15. The first-order valence-corrected chi connectivity index (χ1v) is 6.45. The van der Waals surface area contributed by atoms with E-state index in [1.54, 1.807) is 12.4 Å². The first-order chi connectivity index (χ1) is 9.15. The molecule has 5 nitrogen and oxygen atoms in total. The summed E-state index contributed by atoms with van der Waals surface area (Å²) in [5, 5.41) is 8.58. The number of hydrogen-bond acceptors (Lipinski definition) is 4. The molecule has 1 aromatic heterocycles. The normalized spacial score (nSPS) is 14.3. The zero-order valence-corrected chi connectivity index (χ0v) is 11.3. The number of carbonyl (C=O) groups is 1. The van der Waals surface area contributed by atoms with Crippen molar-refractivity contribution in [1.82, 2.24) is 14.8 Å². The summed E-state index contributed by atoms with van der Waals surface area (Å²) in [6, 6.07) is 5.42. The molecule has 1 aliphatic rings. The number of anilines is 1. The summed E-state index contributed by atoms with van der Waals surface area (Å²) >= 11 is 6.27. The first kappa shape index (κ1) is 12.2. The van der Waals surface area contributed by atoms with Gasteiger partial charge in [0.1, 0.15) is 6.33 Å². The Morgan fingerprint density at radius 1 is 1.37 bits per heavy atom. The van der Waals surface area contributed by atoms with Crippen molar-refractivity contribution in [3.05, 3.63) is 40.9 Å². The topological polar surface area (TPSA) is 51.0 Å². The molecule has 1 aliphatic heterocycles. The highest BCUT2D eigenvalue weighted by Gasteiger charge is 2.19. The van der Waals surface area contributed by atoms with Gasteiger partial charge in [0.05, 0.1) is 17.3 Å². The van der Waals surface area contributed by atoms with E-state index in [9.17, 15) is 4.79 Å². The smallest absolute Gasteiger partial charge is 0.159 e. The van der Waals surface area contributed by atoms with Gasteiger partial charge in [-0.05, 0) is 25.1 Å². The van der Waals surface area contributed by atoms with E-state index in [0.29, 0.717) is 17.1 Å². The largest absolute Gasteiger partial charge is 0.361 e. The van der Waals surface area contributed by atoms with Gasteiger partial charge in [-0.25, -0.2) is 0 Å². The first-order valence-electron chi connectivity index (χ1n) is 6.07. The van der Waals surface area contributed by atoms with Crippen LogP contribution in [-0.2, 0) is 13.1 Å². The molecule has 6 heteroatoms. The van der Waals surface area contributed by atoms with Gasteiger partial charge in [0.2, 0.25) is 0 Å². The van der Waals surface area contributed by atoms with Gasteiger partial charge in [-0.2, -0.15) is 0 Å². The highest BCUT2D eigenvalue weighted by molar-refractivity contribution is 6.33. The molecule has 0 unspecified atom stereocenters. The molecule has 0 amide bonds. The fraction of sp³-hybridized carbons (Fsp3) is 0.308. The summed E-state index contributed by atoms with van der Waals surface area (Å²) in [5.74, 6) is 0.949. The van der Waals surface area contributed by atoms with Gasteiger partial charge in [-0.15, -0.1) is 10.2 Å². The number of rotatable bonds is 2. The van der Waals surface area contributed by atoms with E-state index in [1.807, 2.05) is 16.7 Å². The number of Topliss-reactive ketones (excluding diaryl/α,β-unsaturated/α-hetero) is 1. The zero-order chi connectivity index (χ0) is 13.4. The van der Waals surface area contributed by atoms with Crippen molar-refractivity contribution >= 4 is 23.1 Å². The summed E-state index contributed by atoms with van der Waals surface area (Å²) in [6.45, 7) is 3.91. The van der Waals surface area contributed by atoms with Gasteiger partial charge in [0, 0.05) is 18.7 Å². The maximum Gasteiger partial charge on any atom is 0.159 e. The Bertz CT molecular complexity index is 637. The summed E-state index contributed by atoms with van der Waals surface area (Å²) < 4.78 is 2.04. The second kappa shape index (κ2) is 4.66. The van der Waals surface area contributed by atoms with E-state index < -0.39 is 0 Å². The summed E-state index contributed by atoms with van der Waals surface area (Å²) in [6.07, 6.45) is 1.74. The second-order valence-corrected chi connectivity index (χ2v) is 4.99. The van der Waals surface area contributed by atoms with Gasteiger partial charge in [0.15, 0.2) is 11.6 Å². The molecule has 0 fully saturated rings. The SMILES string of the molecule is CC(=O)c1ccc(N2CCn3cnnc3C2)c(Cl)c1. The number of aromatic nitrogens is 3. The minimum Gasteiger partial charge on any atom is -0.361 e. The quantitative estimate of drug-likeness (QED) is 0.789. The lowest BCUT2D eigenvalue weighted by molar-refractivity contribution is 0.101. The fourth-order valence-electron chi connectivity index (χ4n) is 2.25. The van der Waals surface area contributed by atoms with Crippen LogP contribution in [-0.4, -0.2) is 27.1 Å². The zero-order valence-electron chi connectivity index (χ0n) is 10.5. The van der Waals surface area contributed by atoms with Crippen LogP contribution in [0.1, 0.15) is 23.1 Å². The average molecular weight is 277 g/mol. The minimum absolute atomic E-state index is 0.0202. The van der Waals surface area contributed by atoms with E-state index in [0.717, 1.165) is 24.6 Å². The molecule has 2 heterocycles. The molecular weight excluding hydrogens is 264 g/mol. The van der Waals surface area contributed by atoms with Crippen LogP contribution in [0.4, 0.5) is 5.69 Å². The number of carbonyl (C=O) groups excluding carboxylic acids is 1. The molecule has 0 radical (unpaired) electrons. The van der Waals surface area contributed by atoms with E-state index in [2.05, 4.69) is 15.1 Å². The lowest BCUT2D eigenvalue weighted by atomic mass is 10.1. The van der Waals surface area contributed by atoms with Gasteiger partial charge < -0.3 is 9.47 Å². The molecule has 2 aromatic rings. The maximum atomic E-state index is 11.3. The molecule has 1 aromatic carbocycles. The third-order valence-corrected chi connectivity index (χ3v) is 3.64. The van der Waals surface area contributed by atoms with Crippen molar-refractivity contribution in [2.75, 3.05) is 11.4 Å². The van der Waals surface area contributed by atoms with Crippen LogP contribution in [0.15, 0.2) is 24.5 Å². The van der Waals surface area contributed by atoms with Crippen LogP contribution in [0, 0.1) is 0 Å². The molecule has 19 heavy (non-hydrogen) atoms. The fourth-order valence-corrected chi connectivity index (χ4v) is 2.55. The Morgan fingerprint density at radius 3 is 2.95 bits per heavy atom. The standard InChI is InChI=1S/C13H13ClN4O/c1-9(19)10-2-3-12(11(14)6-10)17-4-5-18-8-15-16-13(18)7-17/h2-3,6,8H,4-5,7H2,1H3. The van der Waals surface area contributed by atoms with Crippen LogP contribution in [0.2, 0.25) is 5.02 Å². The lowest BCUT2D eigenvalue weighted by Gasteiger charge is -2.29. The number of benzene rings is 1. The summed E-state index contributed by atoms with van der Waals surface area (Å²) in [5.41, 5.74) is 1.56. The van der Waals surface area contributed by atoms with Gasteiger partial charge >= 0.3 is 0 Å². The van der Waals surface area contributed by atoms with Gasteiger partial charge in [-0.3, -0.25) is 4.79 Å². The van der Waals surface area contributed by atoms with Crippen molar-refractivity contribution in [2.45, 2.75) is 20.0 Å². The van der Waals surface area contributed by atoms with E-state index in [4.69, 9.17) is 11.6 Å². The highest BCUT2D eigenvalue weighted by atomic mass is 35.5. The van der Waals surface area contributed by atoms with Gasteiger partial charge in [-0.1, -0.05) is 11.6 Å². The Labute approximate surface area is 115 Å². The Hall–Kier alpha value is -1.88. The van der Waals surface area contributed by atoms with E-state index >= 15 is 0 Å². The third-order valence-electron chi connectivity index (χ3n) is 3.33. The molecule has 0 aliphatic carbocycles. The molecule has 0 spiro atoms. The average Bonchev–Trinajstić information content (AvgIpc) is 2.85. The van der Waals surface area contributed by atoms with Crippen molar-refractivity contribution in [2.24, 2.45) is 0 Å². The molecule has 0 atom stereocenters. The van der Waals surface area contributed by atoms with E-state index in [1.165, 1.54) is 6.92 Å². The number of fused-ring (bicyclic) bond motifs is 1. The number of hydrogen-bond donors (Lipinski definition) is 0. The highest BCUT2D eigenvalue weighted by Crippen LogP contribution is 2.29. The predicted molar refractivity (Wildman–Crippen MR) is 72.5 cm³/mol. The van der Waals surface area contributed by atoms with Crippen molar-refractivity contribution < 1.29 is 4.79 Å². The summed E-state index contributed by atoms with van der Waals surface area (Å²) in [7, 11) is 0. The van der Waals surface area contributed by atoms with Crippen LogP contribution in [0.5, 0.6) is 0 Å². The third kappa shape index (κ3) is 2.21. The second-order valence-electron chi connectivity index (χ2n) is 4.58. The van der Waals surface area contributed by atoms with Crippen molar-refractivity contribution in [1.29, 1.82) is 0 Å². The molecular formula is C13H13ClN4O. The number of nitrogens with zero attached hydrogens (tertiary/aromatic N) is 4. The number of halogens is 1. The number of ketones is 1. The van der Waals surface area contributed by atoms with Crippen LogP contribution in [0.25, 0.3) is 0 Å². The van der Waals surface area contributed by atoms with Crippen LogP contribution < -0.4 is 4.90 Å². The summed E-state index contributed by atoms with van der Waals surface area (Å²) in [4.78, 5) is 13.5. The molecule has 98 valence electrons. The Kier molecular flexibility index (Phi) is 2.98.